The Morgan fingerprint density at radius 1 is 1.28 bits per heavy atom. The number of hydrogen-bond acceptors (Lipinski definition) is 4. The van der Waals surface area contributed by atoms with Crippen molar-refractivity contribution >= 4 is 16.8 Å². The lowest BCUT2D eigenvalue weighted by molar-refractivity contribution is -0.119. The molecule has 0 radical (unpaired) electrons. The number of rotatable bonds is 5. The van der Waals surface area contributed by atoms with Crippen molar-refractivity contribution in [2.24, 2.45) is 13.0 Å². The summed E-state index contributed by atoms with van der Waals surface area (Å²) in [5.41, 5.74) is 1.67. The predicted octanol–water partition coefficient (Wildman–Crippen LogP) is 3.27. The number of carbonyl (C=O) groups is 1. The van der Waals surface area contributed by atoms with Crippen molar-refractivity contribution in [3.8, 4) is 5.88 Å². The summed E-state index contributed by atoms with van der Waals surface area (Å²) in [5.74, 6) is 1.15. The van der Waals surface area contributed by atoms with Crippen LogP contribution in [0, 0.1) is 5.92 Å². The molecule has 1 atom stereocenters. The summed E-state index contributed by atoms with van der Waals surface area (Å²) < 4.78 is 13.9. The average molecular weight is 391 g/mol. The number of aryl methyl sites for hydroxylation is 1. The Bertz CT molecular complexity index is 1020. The molecule has 2 aliphatic heterocycles. The monoisotopic (exact) mass is 391 g/mol. The maximum Gasteiger partial charge on any atom is 0.254 e. The first-order valence-electron chi connectivity index (χ1n) is 10.2. The largest absolute Gasteiger partial charge is 0.478 e. The first-order chi connectivity index (χ1) is 14.1. The zero-order valence-electron chi connectivity index (χ0n) is 16.6. The Balaban J connectivity index is 1.20. The van der Waals surface area contributed by atoms with Crippen LogP contribution in [-0.2, 0) is 11.8 Å². The van der Waals surface area contributed by atoms with Gasteiger partial charge in [0.15, 0.2) is 0 Å². The maximum absolute atomic E-state index is 13.0. The first kappa shape index (κ1) is 18.2. The van der Waals surface area contributed by atoms with Crippen molar-refractivity contribution in [2.45, 2.75) is 18.4 Å². The number of pyridine rings is 1. The zero-order valence-corrected chi connectivity index (χ0v) is 16.6. The Kier molecular flexibility index (Phi) is 4.51. The number of hydrogen-bond donors (Lipinski definition) is 0. The van der Waals surface area contributed by atoms with Gasteiger partial charge in [-0.2, -0.15) is 0 Å². The highest BCUT2D eigenvalue weighted by atomic mass is 16.5. The van der Waals surface area contributed by atoms with Crippen LogP contribution in [0.15, 0.2) is 54.9 Å². The van der Waals surface area contributed by atoms with Crippen LogP contribution in [0.1, 0.15) is 23.2 Å². The number of amides is 1. The van der Waals surface area contributed by atoms with E-state index in [0.29, 0.717) is 31.5 Å². The smallest absolute Gasteiger partial charge is 0.254 e. The zero-order chi connectivity index (χ0) is 19.8. The standard InChI is InChI=1S/C23H25N3O3/c1-25-11-7-17-14-18(5-6-20(17)25)22(27)26-15-23(16-26)19(9-13-29-23)8-12-28-21-4-2-3-10-24-21/h2-7,10-11,14,19H,8-9,12-13,15-16H2,1H3. The fourth-order valence-corrected chi connectivity index (χ4v) is 4.62. The normalized spacial score (nSPS) is 20.2. The molecule has 0 bridgehead atoms. The third-order valence-corrected chi connectivity index (χ3v) is 6.29. The van der Waals surface area contributed by atoms with Gasteiger partial charge in [-0.15, -0.1) is 0 Å². The molecule has 0 aliphatic carbocycles. The highest BCUT2D eigenvalue weighted by Crippen LogP contribution is 2.42. The van der Waals surface area contributed by atoms with Crippen molar-refractivity contribution in [1.29, 1.82) is 0 Å². The summed E-state index contributed by atoms with van der Waals surface area (Å²) in [4.78, 5) is 19.1. The summed E-state index contributed by atoms with van der Waals surface area (Å²) in [7, 11) is 2.01. The van der Waals surface area contributed by atoms with Crippen LogP contribution in [0.25, 0.3) is 10.9 Å². The molecule has 150 valence electrons. The van der Waals surface area contributed by atoms with Gasteiger partial charge < -0.3 is 18.9 Å². The second-order valence-electron chi connectivity index (χ2n) is 8.07. The number of nitrogens with zero attached hydrogens (tertiary/aromatic N) is 3. The van der Waals surface area contributed by atoms with Gasteiger partial charge >= 0.3 is 0 Å². The second-order valence-corrected chi connectivity index (χ2v) is 8.07. The minimum absolute atomic E-state index is 0.0837. The van der Waals surface area contributed by atoms with Gasteiger partial charge in [-0.1, -0.05) is 6.07 Å². The van der Waals surface area contributed by atoms with Gasteiger partial charge in [-0.05, 0) is 49.1 Å². The lowest BCUT2D eigenvalue weighted by atomic mass is 9.79. The Labute approximate surface area is 170 Å². The molecular weight excluding hydrogens is 366 g/mol. The van der Waals surface area contributed by atoms with Crippen LogP contribution in [0.4, 0.5) is 0 Å². The average Bonchev–Trinajstić information content (AvgIpc) is 3.31. The molecule has 1 aromatic carbocycles. The molecule has 2 saturated heterocycles. The molecule has 29 heavy (non-hydrogen) atoms. The Hall–Kier alpha value is -2.86. The molecule has 5 rings (SSSR count). The number of ether oxygens (including phenoxy) is 2. The van der Waals surface area contributed by atoms with E-state index in [1.165, 1.54) is 0 Å². The summed E-state index contributed by atoms with van der Waals surface area (Å²) in [6.07, 6.45) is 5.68. The highest BCUT2D eigenvalue weighted by Gasteiger charge is 2.54. The fraction of sp³-hybridized carbons (Fsp3) is 0.391. The van der Waals surface area contributed by atoms with Crippen LogP contribution >= 0.6 is 0 Å². The molecular formula is C23H25N3O3. The van der Waals surface area contributed by atoms with Crippen LogP contribution in [0.5, 0.6) is 5.88 Å². The van der Waals surface area contributed by atoms with Gasteiger partial charge in [0.25, 0.3) is 5.91 Å². The van der Waals surface area contributed by atoms with Gasteiger partial charge in [0.2, 0.25) is 5.88 Å². The first-order valence-corrected chi connectivity index (χ1v) is 10.2. The summed E-state index contributed by atoms with van der Waals surface area (Å²) >= 11 is 0. The third-order valence-electron chi connectivity index (χ3n) is 6.29. The van der Waals surface area contributed by atoms with Crippen LogP contribution in [0.2, 0.25) is 0 Å². The molecule has 0 saturated carbocycles. The van der Waals surface area contributed by atoms with E-state index >= 15 is 0 Å². The minimum Gasteiger partial charge on any atom is -0.478 e. The van der Waals surface area contributed by atoms with Crippen LogP contribution < -0.4 is 4.74 Å². The van der Waals surface area contributed by atoms with E-state index in [-0.39, 0.29) is 11.5 Å². The van der Waals surface area contributed by atoms with Gasteiger partial charge in [0, 0.05) is 48.6 Å². The molecule has 4 heterocycles. The number of carbonyl (C=O) groups excluding carboxylic acids is 1. The fourth-order valence-electron chi connectivity index (χ4n) is 4.62. The molecule has 2 aromatic heterocycles. The molecule has 1 unspecified atom stereocenters. The molecule has 2 aliphatic rings. The summed E-state index contributed by atoms with van der Waals surface area (Å²) in [6, 6.07) is 13.6. The number of aromatic nitrogens is 2. The lowest BCUT2D eigenvalue weighted by Gasteiger charge is -2.50. The van der Waals surface area contributed by atoms with Crippen molar-refractivity contribution in [2.75, 3.05) is 26.3 Å². The third kappa shape index (κ3) is 3.27. The maximum atomic E-state index is 13.0. The molecule has 6 nitrogen and oxygen atoms in total. The molecule has 2 fully saturated rings. The SMILES string of the molecule is Cn1ccc2cc(C(=O)N3CC4(C3)OCCC4CCOc3ccccn3)ccc21. The van der Waals surface area contributed by atoms with E-state index in [4.69, 9.17) is 9.47 Å². The topological polar surface area (TPSA) is 56.6 Å². The van der Waals surface area contributed by atoms with Crippen molar-refractivity contribution < 1.29 is 14.3 Å². The van der Waals surface area contributed by atoms with E-state index in [1.54, 1.807) is 6.20 Å². The molecule has 1 spiro atoms. The van der Waals surface area contributed by atoms with Gasteiger partial charge in [-0.3, -0.25) is 4.79 Å². The Morgan fingerprint density at radius 3 is 3.00 bits per heavy atom. The summed E-state index contributed by atoms with van der Waals surface area (Å²) in [5, 5.41) is 1.09. The van der Waals surface area contributed by atoms with E-state index in [0.717, 1.165) is 35.9 Å². The highest BCUT2D eigenvalue weighted by molar-refractivity contribution is 5.98. The quantitative estimate of drug-likeness (QED) is 0.670. The van der Waals surface area contributed by atoms with Crippen molar-refractivity contribution in [3.05, 3.63) is 60.4 Å². The van der Waals surface area contributed by atoms with Gasteiger partial charge in [0.05, 0.1) is 19.7 Å². The number of benzene rings is 1. The predicted molar refractivity (Wildman–Crippen MR) is 110 cm³/mol. The second kappa shape index (κ2) is 7.19. The number of likely N-dealkylation sites (tertiary alicyclic amines) is 1. The molecule has 1 amide bonds. The van der Waals surface area contributed by atoms with Crippen LogP contribution in [0.3, 0.4) is 0 Å². The molecule has 3 aromatic rings. The minimum atomic E-state index is -0.208. The lowest BCUT2D eigenvalue weighted by Crippen LogP contribution is -2.66. The Morgan fingerprint density at radius 2 is 2.17 bits per heavy atom. The van der Waals surface area contributed by atoms with Crippen molar-refractivity contribution in [3.63, 3.8) is 0 Å². The van der Waals surface area contributed by atoms with Gasteiger partial charge in [0.1, 0.15) is 5.60 Å². The number of fused-ring (bicyclic) bond motifs is 1. The van der Waals surface area contributed by atoms with E-state index in [2.05, 4.69) is 9.55 Å². The molecule has 6 heteroatoms. The molecule has 0 N–H and O–H groups in total. The van der Waals surface area contributed by atoms with E-state index < -0.39 is 0 Å². The van der Waals surface area contributed by atoms with Gasteiger partial charge in [-0.25, -0.2) is 4.98 Å². The van der Waals surface area contributed by atoms with E-state index in [9.17, 15) is 4.79 Å². The summed E-state index contributed by atoms with van der Waals surface area (Å²) in [6.45, 7) is 2.69. The van der Waals surface area contributed by atoms with Crippen molar-refractivity contribution in [1.82, 2.24) is 14.5 Å². The van der Waals surface area contributed by atoms with E-state index in [1.807, 2.05) is 60.6 Å². The van der Waals surface area contributed by atoms with Crippen LogP contribution in [-0.4, -0.2) is 52.3 Å².